The Morgan fingerprint density at radius 3 is 2.77 bits per heavy atom. The number of nitrogens with zero attached hydrogens (tertiary/aromatic N) is 5. The van der Waals surface area contributed by atoms with Crippen LogP contribution in [0.3, 0.4) is 0 Å². The van der Waals surface area contributed by atoms with Crippen molar-refractivity contribution in [1.82, 2.24) is 24.4 Å². The Hall–Kier alpha value is -1.48. The fourth-order valence-corrected chi connectivity index (χ4v) is 4.68. The first-order valence-electron chi connectivity index (χ1n) is 7.20. The topological polar surface area (TPSA) is 56.9 Å². The number of fused-ring (bicyclic) bond motifs is 1. The average molecular weight is 335 g/mol. The molecule has 1 N–H and O–H groups in total. The molecule has 1 aliphatic heterocycles. The van der Waals surface area contributed by atoms with E-state index in [1.807, 2.05) is 0 Å². The van der Waals surface area contributed by atoms with Gasteiger partial charge in [0.25, 0.3) is 0 Å². The molecule has 3 aromatic heterocycles. The normalized spacial score (nSPS) is 19.0. The fraction of sp³-hybridized carbons (Fsp3) is 0.429. The molecule has 22 heavy (non-hydrogen) atoms. The molecule has 1 saturated heterocycles. The molecule has 0 bridgehead atoms. The molecule has 8 heteroatoms. The molecule has 0 spiro atoms. The van der Waals surface area contributed by atoms with Gasteiger partial charge in [0, 0.05) is 26.2 Å². The molecule has 0 radical (unpaired) electrons. The number of aromatic nitrogens is 3. The molecule has 0 unspecified atom stereocenters. The standard InChI is InChI=1S/C14H17N5OS2/c1-17-3-5-18(6-4-17)11(10-2-7-21-8-10)12-13(20)19-14(22-12)15-9-16-19/h2,7-9,11,20H,3-6H2,1H3/t11-/m0/s1. The second-order valence-electron chi connectivity index (χ2n) is 5.54. The van der Waals surface area contributed by atoms with Crippen molar-refractivity contribution >= 4 is 27.6 Å². The Morgan fingerprint density at radius 2 is 2.09 bits per heavy atom. The average Bonchev–Trinajstić information content (AvgIpc) is 3.23. The van der Waals surface area contributed by atoms with Gasteiger partial charge in [-0.25, -0.2) is 4.98 Å². The quantitative estimate of drug-likeness (QED) is 0.792. The van der Waals surface area contributed by atoms with Crippen LogP contribution in [0, 0.1) is 0 Å². The van der Waals surface area contributed by atoms with Crippen molar-refractivity contribution in [1.29, 1.82) is 0 Å². The zero-order valence-corrected chi connectivity index (χ0v) is 13.8. The van der Waals surface area contributed by atoms with Crippen LogP contribution in [-0.4, -0.2) is 62.7 Å². The lowest BCUT2D eigenvalue weighted by atomic mass is 10.1. The molecule has 1 aliphatic rings. The number of piperazine rings is 1. The van der Waals surface area contributed by atoms with Crippen LogP contribution in [0.4, 0.5) is 0 Å². The Morgan fingerprint density at radius 1 is 1.27 bits per heavy atom. The Balaban J connectivity index is 1.77. The van der Waals surface area contributed by atoms with E-state index in [-0.39, 0.29) is 11.9 Å². The zero-order chi connectivity index (χ0) is 15.1. The van der Waals surface area contributed by atoms with E-state index in [1.165, 1.54) is 27.7 Å². The second-order valence-corrected chi connectivity index (χ2v) is 7.33. The number of thiophene rings is 1. The maximum atomic E-state index is 10.6. The summed E-state index contributed by atoms with van der Waals surface area (Å²) >= 11 is 3.21. The molecule has 0 aliphatic carbocycles. The van der Waals surface area contributed by atoms with Crippen molar-refractivity contribution in [3.63, 3.8) is 0 Å². The van der Waals surface area contributed by atoms with E-state index in [0.29, 0.717) is 0 Å². The summed E-state index contributed by atoms with van der Waals surface area (Å²) in [6, 6.07) is 2.22. The molecule has 3 aromatic rings. The van der Waals surface area contributed by atoms with E-state index in [2.05, 4.69) is 43.8 Å². The summed E-state index contributed by atoms with van der Waals surface area (Å²) in [6.45, 7) is 4.07. The third-order valence-corrected chi connectivity index (χ3v) is 5.94. The third kappa shape index (κ3) is 2.32. The maximum absolute atomic E-state index is 10.6. The first-order valence-corrected chi connectivity index (χ1v) is 8.96. The molecule has 0 aromatic carbocycles. The molecule has 4 heterocycles. The Kier molecular flexibility index (Phi) is 3.61. The second kappa shape index (κ2) is 5.62. The Labute approximate surface area is 136 Å². The first-order chi connectivity index (χ1) is 10.7. The van der Waals surface area contributed by atoms with E-state index in [1.54, 1.807) is 11.3 Å². The summed E-state index contributed by atoms with van der Waals surface area (Å²) in [7, 11) is 2.15. The van der Waals surface area contributed by atoms with Gasteiger partial charge in [-0.15, -0.1) is 0 Å². The van der Waals surface area contributed by atoms with Gasteiger partial charge >= 0.3 is 0 Å². The van der Waals surface area contributed by atoms with Crippen LogP contribution in [-0.2, 0) is 0 Å². The fourth-order valence-electron chi connectivity index (χ4n) is 2.91. The van der Waals surface area contributed by atoms with Crippen molar-refractivity contribution in [3.05, 3.63) is 33.6 Å². The molecule has 1 fully saturated rings. The van der Waals surface area contributed by atoms with E-state index < -0.39 is 0 Å². The smallest absolute Gasteiger partial charge is 0.230 e. The highest BCUT2D eigenvalue weighted by Gasteiger charge is 2.30. The van der Waals surface area contributed by atoms with E-state index in [0.717, 1.165) is 36.0 Å². The molecule has 0 saturated carbocycles. The maximum Gasteiger partial charge on any atom is 0.230 e. The largest absolute Gasteiger partial charge is 0.492 e. The lowest BCUT2D eigenvalue weighted by Crippen LogP contribution is -2.46. The minimum atomic E-state index is 0.0773. The van der Waals surface area contributed by atoms with Crippen LogP contribution < -0.4 is 0 Å². The molecule has 116 valence electrons. The van der Waals surface area contributed by atoms with Crippen LogP contribution in [0.15, 0.2) is 23.2 Å². The molecule has 4 rings (SSSR count). The molecule has 1 atom stereocenters. The van der Waals surface area contributed by atoms with Gasteiger partial charge in [0.05, 0.1) is 10.9 Å². The van der Waals surface area contributed by atoms with Gasteiger partial charge < -0.3 is 10.0 Å². The van der Waals surface area contributed by atoms with Crippen LogP contribution in [0.25, 0.3) is 4.96 Å². The zero-order valence-electron chi connectivity index (χ0n) is 12.2. The first kappa shape index (κ1) is 14.1. The highest BCUT2D eigenvalue weighted by Crippen LogP contribution is 2.40. The summed E-state index contributed by atoms with van der Waals surface area (Å²) in [5, 5.41) is 18.9. The summed E-state index contributed by atoms with van der Waals surface area (Å²) < 4.78 is 1.52. The predicted octanol–water partition coefficient (Wildman–Crippen LogP) is 1.89. The van der Waals surface area contributed by atoms with Crippen LogP contribution in [0.2, 0.25) is 0 Å². The van der Waals surface area contributed by atoms with E-state index >= 15 is 0 Å². The van der Waals surface area contributed by atoms with Gasteiger partial charge in [-0.2, -0.15) is 21.0 Å². The third-order valence-electron chi connectivity index (χ3n) is 4.15. The van der Waals surface area contributed by atoms with Gasteiger partial charge in [0.1, 0.15) is 6.33 Å². The minimum Gasteiger partial charge on any atom is -0.492 e. The summed E-state index contributed by atoms with van der Waals surface area (Å²) in [5.74, 6) is 0.215. The van der Waals surface area contributed by atoms with Crippen LogP contribution in [0.5, 0.6) is 5.88 Å². The van der Waals surface area contributed by atoms with Crippen LogP contribution >= 0.6 is 22.7 Å². The summed E-state index contributed by atoms with van der Waals surface area (Å²) in [5.41, 5.74) is 1.23. The highest BCUT2D eigenvalue weighted by molar-refractivity contribution is 7.17. The number of likely N-dealkylation sites (N-methyl/N-ethyl adjacent to an activating group) is 1. The van der Waals surface area contributed by atoms with Gasteiger partial charge in [0.15, 0.2) is 0 Å². The van der Waals surface area contributed by atoms with Crippen molar-refractivity contribution in [2.75, 3.05) is 33.2 Å². The molecule has 6 nitrogen and oxygen atoms in total. The Bertz CT molecular complexity index is 757. The van der Waals surface area contributed by atoms with Crippen molar-refractivity contribution in [3.8, 4) is 5.88 Å². The number of rotatable bonds is 3. The van der Waals surface area contributed by atoms with E-state index in [4.69, 9.17) is 0 Å². The summed E-state index contributed by atoms with van der Waals surface area (Å²) in [6.07, 6.45) is 1.48. The molecular weight excluding hydrogens is 318 g/mol. The highest BCUT2D eigenvalue weighted by atomic mass is 32.1. The van der Waals surface area contributed by atoms with Gasteiger partial charge in [-0.3, -0.25) is 4.90 Å². The molecular formula is C14H17N5OS2. The van der Waals surface area contributed by atoms with E-state index in [9.17, 15) is 5.11 Å². The summed E-state index contributed by atoms with van der Waals surface area (Å²) in [4.78, 5) is 10.6. The number of thiazole rings is 1. The van der Waals surface area contributed by atoms with Crippen molar-refractivity contribution < 1.29 is 5.11 Å². The predicted molar refractivity (Wildman–Crippen MR) is 87.8 cm³/mol. The van der Waals surface area contributed by atoms with Crippen molar-refractivity contribution in [2.24, 2.45) is 0 Å². The SMILES string of the molecule is CN1CCN([C@@H](c2ccsc2)c2sc3ncnn3c2O)CC1. The number of hydrogen-bond acceptors (Lipinski definition) is 7. The van der Waals surface area contributed by atoms with Gasteiger partial charge in [-0.1, -0.05) is 11.3 Å². The lowest BCUT2D eigenvalue weighted by molar-refractivity contribution is 0.127. The minimum absolute atomic E-state index is 0.0773. The van der Waals surface area contributed by atoms with Gasteiger partial charge in [0.2, 0.25) is 10.8 Å². The lowest BCUT2D eigenvalue weighted by Gasteiger charge is -2.37. The number of hydrogen-bond donors (Lipinski definition) is 1. The van der Waals surface area contributed by atoms with Crippen LogP contribution in [0.1, 0.15) is 16.5 Å². The number of aromatic hydroxyl groups is 1. The molecule has 0 amide bonds. The van der Waals surface area contributed by atoms with Crippen molar-refractivity contribution in [2.45, 2.75) is 6.04 Å². The van der Waals surface area contributed by atoms with Gasteiger partial charge in [-0.05, 0) is 29.4 Å². The monoisotopic (exact) mass is 335 g/mol.